The smallest absolute Gasteiger partial charge is 0.139 e. The Labute approximate surface area is 119 Å². The van der Waals surface area contributed by atoms with E-state index in [4.69, 9.17) is 34.8 Å². The zero-order chi connectivity index (χ0) is 13.1. The quantitative estimate of drug-likeness (QED) is 0.828. The fourth-order valence-corrected chi connectivity index (χ4v) is 2.15. The summed E-state index contributed by atoms with van der Waals surface area (Å²) in [6, 6.07) is 8.36. The van der Waals surface area contributed by atoms with Gasteiger partial charge in [0.15, 0.2) is 0 Å². The van der Waals surface area contributed by atoms with E-state index in [0.29, 0.717) is 28.1 Å². The SMILES string of the molecule is Oc1c(Cl)cc(Cl)cc1CNc1cccc(Cl)n1. The van der Waals surface area contributed by atoms with Gasteiger partial charge in [0, 0.05) is 17.1 Å². The molecule has 0 spiro atoms. The van der Waals surface area contributed by atoms with Gasteiger partial charge < -0.3 is 10.4 Å². The van der Waals surface area contributed by atoms with Crippen LogP contribution >= 0.6 is 34.8 Å². The van der Waals surface area contributed by atoms with E-state index >= 15 is 0 Å². The molecule has 3 nitrogen and oxygen atoms in total. The highest BCUT2D eigenvalue weighted by molar-refractivity contribution is 6.35. The molecule has 0 radical (unpaired) electrons. The second-order valence-corrected chi connectivity index (χ2v) is 4.83. The Morgan fingerprint density at radius 3 is 2.67 bits per heavy atom. The Hall–Kier alpha value is -1.16. The molecule has 2 aromatic rings. The van der Waals surface area contributed by atoms with E-state index in [1.165, 1.54) is 6.07 Å². The summed E-state index contributed by atoms with van der Waals surface area (Å²) >= 11 is 17.5. The lowest BCUT2D eigenvalue weighted by molar-refractivity contribution is 0.469. The number of aromatic hydroxyl groups is 1. The van der Waals surface area contributed by atoms with Crippen molar-refractivity contribution in [3.63, 3.8) is 0 Å². The van der Waals surface area contributed by atoms with E-state index < -0.39 is 0 Å². The third-order valence-electron chi connectivity index (χ3n) is 2.28. The largest absolute Gasteiger partial charge is 0.506 e. The maximum atomic E-state index is 9.78. The molecule has 2 rings (SSSR count). The van der Waals surface area contributed by atoms with Crippen LogP contribution in [0.25, 0.3) is 0 Å². The van der Waals surface area contributed by atoms with Crippen LogP contribution in [0.2, 0.25) is 15.2 Å². The van der Waals surface area contributed by atoms with Crippen molar-refractivity contribution >= 4 is 40.6 Å². The van der Waals surface area contributed by atoms with Crippen LogP contribution in [0.15, 0.2) is 30.3 Å². The number of pyridine rings is 1. The molecular formula is C12H9Cl3N2O. The van der Waals surface area contributed by atoms with Crippen molar-refractivity contribution in [2.24, 2.45) is 0 Å². The molecule has 1 heterocycles. The lowest BCUT2D eigenvalue weighted by atomic mass is 10.2. The summed E-state index contributed by atoms with van der Waals surface area (Å²) in [4.78, 5) is 4.07. The molecule has 1 aromatic carbocycles. The molecule has 0 atom stereocenters. The van der Waals surface area contributed by atoms with Gasteiger partial charge >= 0.3 is 0 Å². The first kappa shape index (κ1) is 13.3. The summed E-state index contributed by atoms with van der Waals surface area (Å²) in [6.45, 7) is 0.347. The third-order valence-corrected chi connectivity index (χ3v) is 3.00. The van der Waals surface area contributed by atoms with Gasteiger partial charge in [-0.2, -0.15) is 0 Å². The molecule has 0 aliphatic rings. The first-order chi connectivity index (χ1) is 8.56. The van der Waals surface area contributed by atoms with E-state index in [1.54, 1.807) is 24.3 Å². The zero-order valence-electron chi connectivity index (χ0n) is 9.12. The molecule has 0 saturated carbocycles. The molecule has 0 amide bonds. The Morgan fingerprint density at radius 1 is 1.17 bits per heavy atom. The predicted octanol–water partition coefficient (Wildman–Crippen LogP) is 4.36. The Bertz CT molecular complexity index is 575. The molecule has 0 aliphatic carbocycles. The van der Waals surface area contributed by atoms with Crippen molar-refractivity contribution in [1.29, 1.82) is 0 Å². The zero-order valence-corrected chi connectivity index (χ0v) is 11.4. The second kappa shape index (κ2) is 5.65. The highest BCUT2D eigenvalue weighted by atomic mass is 35.5. The second-order valence-electron chi connectivity index (χ2n) is 3.59. The molecule has 0 unspecified atom stereocenters. The summed E-state index contributed by atoms with van der Waals surface area (Å²) in [7, 11) is 0. The van der Waals surface area contributed by atoms with Gasteiger partial charge in [-0.3, -0.25) is 0 Å². The monoisotopic (exact) mass is 302 g/mol. The van der Waals surface area contributed by atoms with Crippen LogP contribution in [-0.2, 0) is 6.54 Å². The molecule has 94 valence electrons. The van der Waals surface area contributed by atoms with Crippen LogP contribution < -0.4 is 5.32 Å². The topological polar surface area (TPSA) is 45.1 Å². The van der Waals surface area contributed by atoms with Crippen LogP contribution in [0.4, 0.5) is 5.82 Å². The van der Waals surface area contributed by atoms with E-state index in [0.717, 1.165) is 0 Å². The molecule has 0 bridgehead atoms. The molecular weight excluding hydrogens is 295 g/mol. The third kappa shape index (κ3) is 3.19. The number of hydrogen-bond acceptors (Lipinski definition) is 3. The molecule has 6 heteroatoms. The highest BCUT2D eigenvalue weighted by Gasteiger charge is 2.08. The lowest BCUT2D eigenvalue weighted by Gasteiger charge is -2.09. The van der Waals surface area contributed by atoms with Crippen molar-refractivity contribution in [3.8, 4) is 5.75 Å². The lowest BCUT2D eigenvalue weighted by Crippen LogP contribution is -2.01. The summed E-state index contributed by atoms with van der Waals surface area (Å²) in [5.41, 5.74) is 0.592. The molecule has 2 N–H and O–H groups in total. The Balaban J connectivity index is 2.15. The molecule has 1 aromatic heterocycles. The van der Waals surface area contributed by atoms with Gasteiger partial charge in [0.1, 0.15) is 16.7 Å². The highest BCUT2D eigenvalue weighted by Crippen LogP contribution is 2.31. The predicted molar refractivity (Wildman–Crippen MR) is 74.7 cm³/mol. The number of aromatic nitrogens is 1. The van der Waals surface area contributed by atoms with Crippen molar-refractivity contribution in [2.75, 3.05) is 5.32 Å². The van der Waals surface area contributed by atoms with Gasteiger partial charge in [0.25, 0.3) is 0 Å². The fourth-order valence-electron chi connectivity index (χ4n) is 1.45. The standard InChI is InChI=1S/C12H9Cl3N2O/c13-8-4-7(12(18)9(14)5-8)6-16-11-3-1-2-10(15)17-11/h1-5,18H,6H2,(H,16,17). The van der Waals surface area contributed by atoms with Crippen LogP contribution in [-0.4, -0.2) is 10.1 Å². The summed E-state index contributed by atoms with van der Waals surface area (Å²) < 4.78 is 0. The van der Waals surface area contributed by atoms with Gasteiger partial charge in [-0.15, -0.1) is 0 Å². The minimum Gasteiger partial charge on any atom is -0.506 e. The van der Waals surface area contributed by atoms with Crippen molar-refractivity contribution in [1.82, 2.24) is 4.98 Å². The molecule has 0 aliphatic heterocycles. The summed E-state index contributed by atoms with van der Waals surface area (Å²) in [6.07, 6.45) is 0. The minimum absolute atomic E-state index is 0.00981. The molecule has 0 fully saturated rings. The van der Waals surface area contributed by atoms with Crippen molar-refractivity contribution in [2.45, 2.75) is 6.54 Å². The number of nitrogens with zero attached hydrogens (tertiary/aromatic N) is 1. The van der Waals surface area contributed by atoms with E-state index in [2.05, 4.69) is 10.3 Å². The van der Waals surface area contributed by atoms with Gasteiger partial charge in [0.2, 0.25) is 0 Å². The fraction of sp³-hybridized carbons (Fsp3) is 0.0833. The van der Waals surface area contributed by atoms with Crippen LogP contribution in [0.1, 0.15) is 5.56 Å². The van der Waals surface area contributed by atoms with E-state index in [-0.39, 0.29) is 10.8 Å². The van der Waals surface area contributed by atoms with Gasteiger partial charge in [-0.25, -0.2) is 4.98 Å². The number of rotatable bonds is 3. The number of nitrogens with one attached hydrogen (secondary N) is 1. The van der Waals surface area contributed by atoms with Crippen molar-refractivity contribution < 1.29 is 5.11 Å². The summed E-state index contributed by atoms with van der Waals surface area (Å²) in [5, 5.41) is 13.9. The molecule has 0 saturated heterocycles. The Kier molecular flexibility index (Phi) is 4.17. The van der Waals surface area contributed by atoms with E-state index in [1.807, 2.05) is 0 Å². The maximum absolute atomic E-state index is 9.78. The van der Waals surface area contributed by atoms with Gasteiger partial charge in [-0.05, 0) is 24.3 Å². The van der Waals surface area contributed by atoms with Crippen LogP contribution in [0.3, 0.4) is 0 Å². The van der Waals surface area contributed by atoms with Crippen molar-refractivity contribution in [3.05, 3.63) is 51.1 Å². The number of benzene rings is 1. The first-order valence-electron chi connectivity index (χ1n) is 5.09. The Morgan fingerprint density at radius 2 is 1.94 bits per heavy atom. The van der Waals surface area contributed by atoms with Gasteiger partial charge in [-0.1, -0.05) is 40.9 Å². The minimum atomic E-state index is 0.00981. The van der Waals surface area contributed by atoms with Gasteiger partial charge in [0.05, 0.1) is 5.02 Å². The number of phenols is 1. The van der Waals surface area contributed by atoms with Crippen LogP contribution in [0, 0.1) is 0 Å². The normalized spacial score (nSPS) is 10.4. The van der Waals surface area contributed by atoms with E-state index in [9.17, 15) is 5.11 Å². The first-order valence-corrected chi connectivity index (χ1v) is 6.23. The number of hydrogen-bond donors (Lipinski definition) is 2. The number of anilines is 1. The average molecular weight is 304 g/mol. The molecule has 18 heavy (non-hydrogen) atoms. The number of phenolic OH excluding ortho intramolecular Hbond substituents is 1. The number of halogens is 3. The summed E-state index contributed by atoms with van der Waals surface area (Å²) in [5.74, 6) is 0.619. The van der Waals surface area contributed by atoms with Crippen LogP contribution in [0.5, 0.6) is 5.75 Å². The maximum Gasteiger partial charge on any atom is 0.139 e. The average Bonchev–Trinajstić information content (AvgIpc) is 2.32.